The number of nitrogens with zero attached hydrogens (tertiary/aromatic N) is 5. The predicted molar refractivity (Wildman–Crippen MR) is 278 cm³/mol. The monoisotopic (exact) mass is 845 g/mol. The maximum absolute atomic E-state index is 4.70. The Labute approximate surface area is 380 Å². The summed E-state index contributed by atoms with van der Waals surface area (Å²) in [6.45, 7) is 8.78. The summed E-state index contributed by atoms with van der Waals surface area (Å²) in [4.78, 5) is 4.70. The molecule has 0 radical (unpaired) electrons. The van der Waals surface area contributed by atoms with Crippen molar-refractivity contribution in [3.8, 4) is 22.7 Å². The van der Waals surface area contributed by atoms with Gasteiger partial charge in [-0.05, 0) is 155 Å². The van der Waals surface area contributed by atoms with Crippen molar-refractivity contribution in [3.63, 3.8) is 0 Å². The lowest BCUT2D eigenvalue weighted by Gasteiger charge is -2.13. The molecule has 0 unspecified atom stereocenters. The van der Waals surface area contributed by atoms with Gasteiger partial charge in [-0.2, -0.15) is 0 Å². The molecule has 0 aliphatic carbocycles. The molecule has 5 aromatic heterocycles. The van der Waals surface area contributed by atoms with E-state index in [9.17, 15) is 0 Å². The van der Waals surface area contributed by atoms with Crippen LogP contribution < -0.4 is 0 Å². The molecule has 0 atom stereocenters. The summed E-state index contributed by atoms with van der Waals surface area (Å²) in [7, 11) is 0. The Morgan fingerprint density at radius 1 is 0.288 bits per heavy atom. The van der Waals surface area contributed by atoms with Crippen LogP contribution in [0, 0.1) is 27.7 Å². The topological polar surface area (TPSA) is 32.6 Å². The summed E-state index contributed by atoms with van der Waals surface area (Å²) >= 11 is 0. The maximum atomic E-state index is 4.70. The highest BCUT2D eigenvalue weighted by Gasteiger charge is 2.22. The van der Waals surface area contributed by atoms with Gasteiger partial charge in [0.15, 0.2) is 0 Å². The van der Waals surface area contributed by atoms with Crippen molar-refractivity contribution < 1.29 is 0 Å². The SMILES string of the molecule is Cc1ccc2c(c1)c1cc(-n3c4ccc(C)cc4c4c(-n5c6ccc(C)cc6c6cc(C)ccc65)cccc43)ccc1n2-c1ccc2c(c1)c1ccccc1n2-c1cccc2ncccc12. The van der Waals surface area contributed by atoms with Crippen molar-refractivity contribution in [2.45, 2.75) is 27.7 Å². The Morgan fingerprint density at radius 2 is 0.712 bits per heavy atom. The Morgan fingerprint density at radius 3 is 1.35 bits per heavy atom. The largest absolute Gasteiger partial charge is 0.309 e. The molecule has 9 aromatic carbocycles. The molecule has 14 rings (SSSR count). The molecule has 312 valence electrons. The highest BCUT2D eigenvalue weighted by atomic mass is 15.0. The lowest BCUT2D eigenvalue weighted by atomic mass is 10.1. The number of aryl methyl sites for hydroxylation is 4. The fraction of sp³-hybridized carbons (Fsp3) is 0.0656. The fourth-order valence-electron chi connectivity index (χ4n) is 11.3. The van der Waals surface area contributed by atoms with Gasteiger partial charge < -0.3 is 18.3 Å². The third-order valence-corrected chi connectivity index (χ3v) is 14.2. The van der Waals surface area contributed by atoms with Crippen LogP contribution in [0.4, 0.5) is 0 Å². The maximum Gasteiger partial charge on any atom is 0.0723 e. The summed E-state index contributed by atoms with van der Waals surface area (Å²) in [6, 6.07) is 67.9. The molecular formula is C61H43N5. The molecule has 0 spiro atoms. The minimum atomic E-state index is 0.988. The average molecular weight is 846 g/mol. The van der Waals surface area contributed by atoms with E-state index in [0.717, 1.165) is 28.0 Å². The van der Waals surface area contributed by atoms with E-state index in [1.54, 1.807) is 0 Å². The second-order valence-electron chi connectivity index (χ2n) is 18.4. The molecule has 0 saturated heterocycles. The number of hydrogen-bond acceptors (Lipinski definition) is 1. The van der Waals surface area contributed by atoms with E-state index < -0.39 is 0 Å². The van der Waals surface area contributed by atoms with Crippen LogP contribution in [0.2, 0.25) is 0 Å². The van der Waals surface area contributed by atoms with Crippen LogP contribution in [0.25, 0.3) is 121 Å². The lowest BCUT2D eigenvalue weighted by molar-refractivity contribution is 1.16. The first-order chi connectivity index (χ1) is 32.4. The molecule has 66 heavy (non-hydrogen) atoms. The van der Waals surface area contributed by atoms with Gasteiger partial charge in [0.25, 0.3) is 0 Å². The third kappa shape index (κ3) is 5.14. The van der Waals surface area contributed by atoms with E-state index >= 15 is 0 Å². The first-order valence-electron chi connectivity index (χ1n) is 22.9. The molecule has 0 fully saturated rings. The van der Waals surface area contributed by atoms with E-state index in [2.05, 4.69) is 222 Å². The van der Waals surface area contributed by atoms with Gasteiger partial charge in [-0.15, -0.1) is 0 Å². The van der Waals surface area contributed by atoms with Gasteiger partial charge >= 0.3 is 0 Å². The third-order valence-electron chi connectivity index (χ3n) is 14.2. The quantitative estimate of drug-likeness (QED) is 0.174. The average Bonchev–Trinajstić information content (AvgIpc) is 4.05. The van der Waals surface area contributed by atoms with Gasteiger partial charge in [-0.3, -0.25) is 4.98 Å². The van der Waals surface area contributed by atoms with Crippen molar-refractivity contribution in [1.82, 2.24) is 23.3 Å². The van der Waals surface area contributed by atoms with Crippen LogP contribution in [0.15, 0.2) is 188 Å². The van der Waals surface area contributed by atoms with Crippen LogP contribution in [0.5, 0.6) is 0 Å². The van der Waals surface area contributed by atoms with Gasteiger partial charge in [0.1, 0.15) is 0 Å². The van der Waals surface area contributed by atoms with Gasteiger partial charge in [-0.25, -0.2) is 0 Å². The standard InChI is InChI=1S/C61H43N5/c1-36-17-23-53-46(32-36)48-35-41(21-27-54(48)63(53)40-22-28-57-47(34-40)42-10-5-6-13-51(42)65(57)52-14-7-12-50-43(52)11-9-29-62-50)64-58-26-20-39(4)33-49(58)61-59(64)15-8-16-60(61)66-55-24-18-37(2)30-44(55)45-31-38(3)19-25-56(45)66/h5-35H,1-4H3. The molecule has 0 aliphatic rings. The molecule has 5 heteroatoms. The van der Waals surface area contributed by atoms with E-state index in [-0.39, 0.29) is 0 Å². The number of rotatable bonds is 4. The van der Waals surface area contributed by atoms with Crippen molar-refractivity contribution in [2.75, 3.05) is 0 Å². The zero-order chi connectivity index (χ0) is 43.9. The minimum Gasteiger partial charge on any atom is -0.309 e. The van der Waals surface area contributed by atoms with Crippen LogP contribution in [0.3, 0.4) is 0 Å². The van der Waals surface area contributed by atoms with Crippen LogP contribution >= 0.6 is 0 Å². The predicted octanol–water partition coefficient (Wildman–Crippen LogP) is 15.9. The van der Waals surface area contributed by atoms with E-state index in [1.807, 2.05) is 12.3 Å². The van der Waals surface area contributed by atoms with Gasteiger partial charge in [0, 0.05) is 66.0 Å². The van der Waals surface area contributed by atoms with Crippen molar-refractivity contribution in [1.29, 1.82) is 0 Å². The first kappa shape index (κ1) is 37.0. The van der Waals surface area contributed by atoms with Crippen LogP contribution in [-0.4, -0.2) is 23.3 Å². The number of pyridine rings is 1. The number of para-hydroxylation sites is 1. The zero-order valence-corrected chi connectivity index (χ0v) is 37.1. The molecule has 0 bridgehead atoms. The fourth-order valence-corrected chi connectivity index (χ4v) is 11.3. The van der Waals surface area contributed by atoms with Crippen LogP contribution in [0.1, 0.15) is 22.3 Å². The molecule has 0 amide bonds. The highest BCUT2D eigenvalue weighted by Crippen LogP contribution is 2.43. The molecule has 0 aliphatic heterocycles. The minimum absolute atomic E-state index is 0.988. The molecule has 5 nitrogen and oxygen atoms in total. The Bertz CT molecular complexity index is 4330. The number of aromatic nitrogens is 5. The summed E-state index contributed by atoms with van der Waals surface area (Å²) in [5.74, 6) is 0. The number of hydrogen-bond donors (Lipinski definition) is 0. The Kier molecular flexibility index (Phi) is 7.60. The van der Waals surface area contributed by atoms with Gasteiger partial charge in [0.2, 0.25) is 0 Å². The lowest BCUT2D eigenvalue weighted by Crippen LogP contribution is -1.98. The Balaban J connectivity index is 1.00. The second-order valence-corrected chi connectivity index (χ2v) is 18.4. The van der Waals surface area contributed by atoms with Gasteiger partial charge in [0.05, 0.1) is 61.0 Å². The van der Waals surface area contributed by atoms with E-state index in [1.165, 1.54) is 115 Å². The Hall–Kier alpha value is -8.41. The number of benzene rings is 9. The van der Waals surface area contributed by atoms with Crippen molar-refractivity contribution >= 4 is 98.1 Å². The first-order valence-corrected chi connectivity index (χ1v) is 22.9. The molecule has 5 heterocycles. The molecule has 14 aromatic rings. The summed E-state index contributed by atoms with van der Waals surface area (Å²) in [5, 5.41) is 11.1. The summed E-state index contributed by atoms with van der Waals surface area (Å²) in [6.07, 6.45) is 1.87. The molecule has 0 N–H and O–H groups in total. The van der Waals surface area contributed by atoms with E-state index in [4.69, 9.17) is 4.98 Å². The smallest absolute Gasteiger partial charge is 0.0723 e. The van der Waals surface area contributed by atoms with Crippen molar-refractivity contribution in [3.05, 3.63) is 210 Å². The molecule has 0 saturated carbocycles. The number of fused-ring (bicyclic) bond motifs is 13. The summed E-state index contributed by atoms with van der Waals surface area (Å²) < 4.78 is 9.84. The highest BCUT2D eigenvalue weighted by molar-refractivity contribution is 6.18. The second kappa shape index (κ2) is 13.6. The van der Waals surface area contributed by atoms with Gasteiger partial charge in [-0.1, -0.05) is 76.9 Å². The summed E-state index contributed by atoms with van der Waals surface area (Å²) in [5.41, 5.74) is 20.1. The molecular weight excluding hydrogens is 803 g/mol. The van der Waals surface area contributed by atoms with Crippen molar-refractivity contribution in [2.24, 2.45) is 0 Å². The van der Waals surface area contributed by atoms with Crippen LogP contribution in [-0.2, 0) is 0 Å². The zero-order valence-electron chi connectivity index (χ0n) is 37.1. The van der Waals surface area contributed by atoms with E-state index in [0.29, 0.717) is 0 Å². The normalized spacial score (nSPS) is 12.2.